The zero-order chi connectivity index (χ0) is 40.2. The van der Waals surface area contributed by atoms with Crippen molar-refractivity contribution in [1.82, 2.24) is 5.32 Å². The minimum atomic E-state index is -0.698. The molecule has 8 atom stereocenters. The van der Waals surface area contributed by atoms with Crippen LogP contribution in [0.2, 0.25) is 0 Å². The highest BCUT2D eigenvalue weighted by Gasteiger charge is 2.65. The minimum Gasteiger partial charge on any atom is -0.462 e. The largest absolute Gasteiger partial charge is 0.462 e. The van der Waals surface area contributed by atoms with E-state index in [2.05, 4.69) is 89.3 Å². The van der Waals surface area contributed by atoms with Crippen LogP contribution in [0, 0.1) is 50.2 Å². The molecule has 310 valence electrons. The van der Waals surface area contributed by atoms with Crippen LogP contribution in [0.1, 0.15) is 166 Å². The Morgan fingerprint density at radius 2 is 1.51 bits per heavy atom. The molecule has 2 aromatic carbocycles. The summed E-state index contributed by atoms with van der Waals surface area (Å²) in [6, 6.07) is 14.9. The Morgan fingerprint density at radius 3 is 2.16 bits per heavy atom. The molecule has 0 bridgehead atoms. The molecule has 4 aliphatic rings. The molecule has 0 saturated heterocycles. The molecule has 4 saturated carbocycles. The fourth-order valence-corrected chi connectivity index (χ4v) is 12.5. The Balaban J connectivity index is 0.00000157. The average Bonchev–Trinajstić information content (AvgIpc) is 3.54. The van der Waals surface area contributed by atoms with Gasteiger partial charge in [-0.25, -0.2) is 0 Å². The first-order valence-electron chi connectivity index (χ1n) is 21.4. The molecule has 55 heavy (non-hydrogen) atoms. The van der Waals surface area contributed by atoms with Gasteiger partial charge in [0.2, 0.25) is 5.91 Å². The summed E-state index contributed by atoms with van der Waals surface area (Å²) in [5, 5.41) is 12.9. The minimum absolute atomic E-state index is 0. The van der Waals surface area contributed by atoms with Crippen molar-refractivity contribution in [2.75, 3.05) is 7.11 Å². The second kappa shape index (κ2) is 18.2. The lowest BCUT2D eigenvalue weighted by molar-refractivity contribution is -0.221. The SMILES string of the molecule is C.CC.CC1CCCC1(CC[C@]1(C)CCCC2C3(C)CCC(OC(=O)CC(C)(C)C=O)C(C)(C)C3CCC21C)C(=O)NCc1cccc2ccccc12.CO. The van der Waals surface area contributed by atoms with Crippen molar-refractivity contribution in [3.63, 3.8) is 0 Å². The summed E-state index contributed by atoms with van der Waals surface area (Å²) >= 11 is 0. The molecule has 0 spiro atoms. The molecule has 1 amide bonds. The van der Waals surface area contributed by atoms with Crippen LogP contribution in [0.15, 0.2) is 42.5 Å². The number of amides is 1. The van der Waals surface area contributed by atoms with Crippen LogP contribution in [0.25, 0.3) is 10.8 Å². The quantitative estimate of drug-likeness (QED) is 0.186. The zero-order valence-electron chi connectivity index (χ0n) is 35.9. The van der Waals surface area contributed by atoms with Crippen LogP contribution in [-0.2, 0) is 25.7 Å². The summed E-state index contributed by atoms with van der Waals surface area (Å²) in [4.78, 5) is 38.9. The highest BCUT2D eigenvalue weighted by Crippen LogP contribution is 2.72. The maximum absolute atomic E-state index is 14.4. The number of hydrogen-bond acceptors (Lipinski definition) is 5. The number of rotatable bonds is 10. The van der Waals surface area contributed by atoms with Crippen molar-refractivity contribution in [1.29, 1.82) is 0 Å². The van der Waals surface area contributed by atoms with E-state index in [0.29, 0.717) is 24.3 Å². The first-order valence-corrected chi connectivity index (χ1v) is 21.4. The van der Waals surface area contributed by atoms with Gasteiger partial charge in [-0.05, 0) is 115 Å². The molecule has 0 radical (unpaired) electrons. The van der Waals surface area contributed by atoms with Gasteiger partial charge in [-0.15, -0.1) is 0 Å². The Morgan fingerprint density at radius 1 is 0.855 bits per heavy atom. The third kappa shape index (κ3) is 8.75. The summed E-state index contributed by atoms with van der Waals surface area (Å²) in [6.07, 6.45) is 14.2. The van der Waals surface area contributed by atoms with E-state index in [1.807, 2.05) is 13.8 Å². The molecule has 7 unspecified atom stereocenters. The van der Waals surface area contributed by atoms with Gasteiger partial charge >= 0.3 is 5.97 Å². The maximum Gasteiger partial charge on any atom is 0.307 e. The molecule has 6 nitrogen and oxygen atoms in total. The van der Waals surface area contributed by atoms with Crippen molar-refractivity contribution in [3.8, 4) is 0 Å². The van der Waals surface area contributed by atoms with Crippen LogP contribution in [0.5, 0.6) is 0 Å². The molecule has 0 heterocycles. The number of hydrogen-bond donors (Lipinski definition) is 2. The number of aliphatic hydroxyl groups is 1. The van der Waals surface area contributed by atoms with Crippen molar-refractivity contribution >= 4 is 28.9 Å². The molecule has 4 fully saturated rings. The number of ether oxygens (including phenoxy) is 1. The topological polar surface area (TPSA) is 92.7 Å². The van der Waals surface area contributed by atoms with Gasteiger partial charge in [0.1, 0.15) is 12.4 Å². The Kier molecular flexibility index (Phi) is 15.5. The van der Waals surface area contributed by atoms with Crippen molar-refractivity contribution < 1.29 is 24.2 Å². The molecule has 6 heteroatoms. The highest BCUT2D eigenvalue weighted by atomic mass is 16.5. The lowest BCUT2D eigenvalue weighted by atomic mass is 9.36. The van der Waals surface area contributed by atoms with Crippen molar-refractivity contribution in [3.05, 3.63) is 48.0 Å². The van der Waals surface area contributed by atoms with E-state index in [0.717, 1.165) is 64.8 Å². The molecular formula is C49H79NO5. The molecule has 6 rings (SSSR count). The number of aliphatic hydroxyl groups excluding tert-OH is 1. The van der Waals surface area contributed by atoms with Gasteiger partial charge in [0.15, 0.2) is 0 Å². The maximum atomic E-state index is 14.4. The van der Waals surface area contributed by atoms with Gasteiger partial charge in [-0.2, -0.15) is 0 Å². The number of aldehydes is 1. The smallest absolute Gasteiger partial charge is 0.307 e. The van der Waals surface area contributed by atoms with Gasteiger partial charge < -0.3 is 20.0 Å². The van der Waals surface area contributed by atoms with Crippen LogP contribution < -0.4 is 5.32 Å². The van der Waals surface area contributed by atoms with Gasteiger partial charge in [0, 0.05) is 24.5 Å². The third-order valence-corrected chi connectivity index (χ3v) is 15.9. The van der Waals surface area contributed by atoms with E-state index in [9.17, 15) is 14.4 Å². The highest BCUT2D eigenvalue weighted by molar-refractivity contribution is 5.87. The number of benzene rings is 2. The lowest BCUT2D eigenvalue weighted by Crippen LogP contribution is -2.63. The summed E-state index contributed by atoms with van der Waals surface area (Å²) in [5.74, 6) is 1.48. The second-order valence-corrected chi connectivity index (χ2v) is 19.4. The van der Waals surface area contributed by atoms with Crippen LogP contribution in [0.4, 0.5) is 0 Å². The zero-order valence-corrected chi connectivity index (χ0v) is 35.9. The monoisotopic (exact) mass is 762 g/mol. The van der Waals surface area contributed by atoms with E-state index >= 15 is 0 Å². The van der Waals surface area contributed by atoms with Crippen molar-refractivity contribution in [2.45, 2.75) is 173 Å². The third-order valence-electron chi connectivity index (χ3n) is 15.9. The van der Waals surface area contributed by atoms with E-state index in [4.69, 9.17) is 9.84 Å². The number of esters is 1. The predicted molar refractivity (Wildman–Crippen MR) is 228 cm³/mol. The Labute approximate surface area is 335 Å². The summed E-state index contributed by atoms with van der Waals surface area (Å²) < 4.78 is 6.21. The summed E-state index contributed by atoms with van der Waals surface area (Å²) in [7, 11) is 1.00. The average molecular weight is 762 g/mol. The van der Waals surface area contributed by atoms with E-state index in [1.165, 1.54) is 42.0 Å². The fourth-order valence-electron chi connectivity index (χ4n) is 12.5. The molecule has 2 N–H and O–H groups in total. The number of nitrogens with one attached hydrogen (secondary N) is 1. The van der Waals surface area contributed by atoms with E-state index < -0.39 is 5.41 Å². The van der Waals surface area contributed by atoms with Gasteiger partial charge in [-0.1, -0.05) is 132 Å². The lowest BCUT2D eigenvalue weighted by Gasteiger charge is -2.69. The standard InChI is InChI=1S/C45H65NO4.C2H6.CH4O.CH4/c1-31-14-12-23-45(31,39(49)46-29-33-17-11-16-32-15-9-10-18-34(32)33)27-26-42(6)22-13-19-36-43(7)24-21-37(50-38(48)28-40(2,3)30-47)41(4,5)35(43)20-25-44(36,42)8;2*1-2;/h9-11,15-18,30-31,35-37H,12-14,19-29H2,1-8H3,(H,46,49);1-2H3;2H,1H3;1H4/t31?,35?,36?,37?,42-,43?,44?,45?;;;/m0.../s1. The fraction of sp³-hybridized carbons (Fsp3) is 0.735. The first-order chi connectivity index (χ1) is 25.5. The Bertz CT molecular complexity index is 1590. The van der Waals surface area contributed by atoms with Crippen LogP contribution in [0.3, 0.4) is 0 Å². The molecule has 4 aliphatic carbocycles. The van der Waals surface area contributed by atoms with E-state index in [-0.39, 0.29) is 58.9 Å². The first kappa shape index (κ1) is 46.7. The van der Waals surface area contributed by atoms with Crippen LogP contribution >= 0.6 is 0 Å². The molecule has 0 aromatic heterocycles. The summed E-state index contributed by atoms with van der Waals surface area (Å²) in [6.45, 7) is 23.0. The van der Waals surface area contributed by atoms with Gasteiger partial charge in [-0.3, -0.25) is 9.59 Å². The van der Waals surface area contributed by atoms with Crippen LogP contribution in [-0.4, -0.2) is 36.5 Å². The van der Waals surface area contributed by atoms with Gasteiger partial charge in [0.05, 0.1) is 11.8 Å². The second-order valence-electron chi connectivity index (χ2n) is 19.4. The number of carbonyl (C=O) groups excluding carboxylic acids is 3. The van der Waals surface area contributed by atoms with E-state index in [1.54, 1.807) is 13.8 Å². The molecule has 2 aromatic rings. The predicted octanol–water partition coefficient (Wildman–Crippen LogP) is 11.9. The van der Waals surface area contributed by atoms with Gasteiger partial charge in [0.25, 0.3) is 0 Å². The summed E-state index contributed by atoms with van der Waals surface area (Å²) in [5.41, 5.74) is 0.603. The Hall–Kier alpha value is -2.73. The van der Waals surface area contributed by atoms with Crippen molar-refractivity contribution in [2.24, 2.45) is 50.2 Å². The normalized spacial score (nSPS) is 33.5. The number of fused-ring (bicyclic) bond motifs is 4. The number of carbonyl (C=O) groups is 3. The molecular weight excluding hydrogens is 683 g/mol. The molecule has 0 aliphatic heterocycles.